The Bertz CT molecular complexity index is 957. The zero-order valence-corrected chi connectivity index (χ0v) is 13.7. The monoisotopic (exact) mass is 348 g/mol. The Morgan fingerprint density at radius 3 is 2.31 bits per heavy atom. The zero-order valence-electron chi connectivity index (χ0n) is 13.7. The fraction of sp³-hybridized carbons (Fsp3) is 0. The van der Waals surface area contributed by atoms with E-state index in [-0.39, 0.29) is 5.70 Å². The van der Waals surface area contributed by atoms with Gasteiger partial charge in [-0.25, -0.2) is 4.79 Å². The topological polar surface area (TPSA) is 106 Å². The molecule has 3 rings (SSSR count). The summed E-state index contributed by atoms with van der Waals surface area (Å²) in [6.07, 6.45) is 1.27. The number of hydrogen-bond acceptors (Lipinski definition) is 4. The van der Waals surface area contributed by atoms with E-state index in [1.54, 1.807) is 24.3 Å². The van der Waals surface area contributed by atoms with E-state index in [0.29, 0.717) is 22.8 Å². The Morgan fingerprint density at radius 1 is 0.962 bits per heavy atom. The number of furan rings is 1. The van der Waals surface area contributed by atoms with Crippen molar-refractivity contribution in [2.24, 2.45) is 0 Å². The fourth-order valence-corrected chi connectivity index (χ4v) is 2.31. The maximum atomic E-state index is 12.2. The Kier molecular flexibility index (Phi) is 4.85. The van der Waals surface area contributed by atoms with Gasteiger partial charge in [0.15, 0.2) is 0 Å². The molecule has 0 saturated heterocycles. The van der Waals surface area contributed by atoms with E-state index >= 15 is 0 Å². The SMILES string of the molecule is Nc1ccc(C(=O)N/C(=C\c2ccc(-c3ccccc3)o2)C(=O)O)cc1. The fourth-order valence-electron chi connectivity index (χ4n) is 2.31. The van der Waals surface area contributed by atoms with Gasteiger partial charge in [-0.15, -0.1) is 0 Å². The van der Waals surface area contributed by atoms with Gasteiger partial charge in [0.05, 0.1) is 0 Å². The molecule has 2 aromatic carbocycles. The molecular formula is C20H16N2O4. The van der Waals surface area contributed by atoms with E-state index in [9.17, 15) is 14.7 Å². The lowest BCUT2D eigenvalue weighted by molar-refractivity contribution is -0.132. The zero-order chi connectivity index (χ0) is 18.5. The minimum atomic E-state index is -1.27. The van der Waals surface area contributed by atoms with Crippen molar-refractivity contribution < 1.29 is 19.1 Å². The van der Waals surface area contributed by atoms with Gasteiger partial charge < -0.3 is 20.6 Å². The maximum absolute atomic E-state index is 12.2. The first-order chi connectivity index (χ1) is 12.5. The molecule has 130 valence electrons. The average molecular weight is 348 g/mol. The molecule has 0 saturated carbocycles. The van der Waals surface area contributed by atoms with Gasteiger partial charge >= 0.3 is 5.97 Å². The van der Waals surface area contributed by atoms with Crippen LogP contribution in [0.15, 0.2) is 76.8 Å². The van der Waals surface area contributed by atoms with Crippen LogP contribution in [0.4, 0.5) is 5.69 Å². The van der Waals surface area contributed by atoms with Crippen molar-refractivity contribution in [3.05, 3.63) is 83.8 Å². The number of carboxylic acids is 1. The molecule has 6 nitrogen and oxygen atoms in total. The van der Waals surface area contributed by atoms with Crippen LogP contribution in [-0.4, -0.2) is 17.0 Å². The highest BCUT2D eigenvalue weighted by atomic mass is 16.4. The number of hydrogen-bond donors (Lipinski definition) is 3. The third kappa shape index (κ3) is 3.99. The van der Waals surface area contributed by atoms with Crippen LogP contribution in [0.1, 0.15) is 16.1 Å². The summed E-state index contributed by atoms with van der Waals surface area (Å²) in [5.74, 6) is -0.898. The molecule has 0 aliphatic carbocycles. The van der Waals surface area contributed by atoms with E-state index in [0.717, 1.165) is 5.56 Å². The number of carboxylic acid groups (broad SMARTS) is 1. The van der Waals surface area contributed by atoms with Gasteiger partial charge in [-0.3, -0.25) is 4.79 Å². The Labute approximate surface area is 149 Å². The number of rotatable bonds is 5. The normalized spacial score (nSPS) is 11.2. The van der Waals surface area contributed by atoms with Gasteiger partial charge in [0.2, 0.25) is 0 Å². The van der Waals surface area contributed by atoms with Crippen molar-refractivity contribution in [3.8, 4) is 11.3 Å². The third-order valence-corrected chi connectivity index (χ3v) is 3.62. The summed E-state index contributed by atoms with van der Waals surface area (Å²) in [6, 6.07) is 19.0. The minimum Gasteiger partial charge on any atom is -0.477 e. The number of amides is 1. The van der Waals surface area contributed by atoms with Gasteiger partial charge in [-0.05, 0) is 36.4 Å². The second kappa shape index (κ2) is 7.40. The highest BCUT2D eigenvalue weighted by molar-refractivity contribution is 6.02. The number of nitrogen functional groups attached to an aromatic ring is 1. The number of aliphatic carboxylic acids is 1. The van der Waals surface area contributed by atoms with E-state index in [1.807, 2.05) is 30.3 Å². The van der Waals surface area contributed by atoms with Gasteiger partial charge in [-0.1, -0.05) is 30.3 Å². The van der Waals surface area contributed by atoms with Crippen LogP contribution in [-0.2, 0) is 4.79 Å². The standard InChI is InChI=1S/C20H16N2O4/c21-15-8-6-14(7-9-15)19(23)22-17(20(24)25)12-16-10-11-18(26-16)13-4-2-1-3-5-13/h1-12H,21H2,(H,22,23)(H,24,25)/b17-12-. The third-order valence-electron chi connectivity index (χ3n) is 3.62. The predicted octanol–water partition coefficient (Wildman–Crippen LogP) is 3.38. The van der Waals surface area contributed by atoms with Gasteiger partial charge in [0, 0.05) is 22.9 Å². The van der Waals surface area contributed by atoms with Crippen LogP contribution in [0.3, 0.4) is 0 Å². The molecule has 0 fully saturated rings. The number of nitrogens with two attached hydrogens (primary N) is 1. The molecule has 26 heavy (non-hydrogen) atoms. The Hall–Kier alpha value is -3.80. The van der Waals surface area contributed by atoms with Crippen LogP contribution >= 0.6 is 0 Å². The molecule has 4 N–H and O–H groups in total. The van der Waals surface area contributed by atoms with E-state index in [4.69, 9.17) is 10.2 Å². The van der Waals surface area contributed by atoms with Crippen molar-refractivity contribution in [2.45, 2.75) is 0 Å². The first-order valence-corrected chi connectivity index (χ1v) is 7.80. The Morgan fingerprint density at radius 2 is 1.65 bits per heavy atom. The van der Waals surface area contributed by atoms with Crippen molar-refractivity contribution in [1.82, 2.24) is 5.32 Å². The summed E-state index contributed by atoms with van der Waals surface area (Å²) >= 11 is 0. The van der Waals surface area contributed by atoms with Crippen molar-refractivity contribution in [1.29, 1.82) is 0 Å². The number of carbonyl (C=O) groups excluding carboxylic acids is 1. The lowest BCUT2D eigenvalue weighted by Crippen LogP contribution is -2.27. The van der Waals surface area contributed by atoms with Crippen LogP contribution in [0.25, 0.3) is 17.4 Å². The second-order valence-corrected chi connectivity index (χ2v) is 5.51. The van der Waals surface area contributed by atoms with Gasteiger partial charge in [-0.2, -0.15) is 0 Å². The molecule has 1 amide bonds. The molecule has 0 unspecified atom stereocenters. The number of carbonyl (C=O) groups is 2. The molecule has 3 aromatic rings. The van der Waals surface area contributed by atoms with Gasteiger partial charge in [0.25, 0.3) is 5.91 Å². The number of benzene rings is 2. The highest BCUT2D eigenvalue weighted by Crippen LogP contribution is 2.23. The molecule has 0 aliphatic heterocycles. The highest BCUT2D eigenvalue weighted by Gasteiger charge is 2.14. The Balaban J connectivity index is 1.82. The lowest BCUT2D eigenvalue weighted by atomic mass is 10.2. The summed E-state index contributed by atoms with van der Waals surface area (Å²) < 4.78 is 5.65. The molecule has 1 aromatic heterocycles. The second-order valence-electron chi connectivity index (χ2n) is 5.51. The smallest absolute Gasteiger partial charge is 0.352 e. The molecule has 0 radical (unpaired) electrons. The van der Waals surface area contributed by atoms with Crippen molar-refractivity contribution >= 4 is 23.6 Å². The summed E-state index contributed by atoms with van der Waals surface area (Å²) in [7, 11) is 0. The maximum Gasteiger partial charge on any atom is 0.352 e. The van der Waals surface area contributed by atoms with Crippen LogP contribution in [0, 0.1) is 0 Å². The van der Waals surface area contributed by atoms with E-state index in [2.05, 4.69) is 5.32 Å². The predicted molar refractivity (Wildman–Crippen MR) is 98.1 cm³/mol. The summed E-state index contributed by atoms with van der Waals surface area (Å²) in [5.41, 5.74) is 6.97. The summed E-state index contributed by atoms with van der Waals surface area (Å²) in [6.45, 7) is 0. The molecule has 0 aliphatic rings. The van der Waals surface area contributed by atoms with E-state index < -0.39 is 11.9 Å². The first-order valence-electron chi connectivity index (χ1n) is 7.80. The van der Waals surface area contributed by atoms with Crippen molar-refractivity contribution in [3.63, 3.8) is 0 Å². The van der Waals surface area contributed by atoms with E-state index in [1.165, 1.54) is 18.2 Å². The molecule has 0 atom stereocenters. The molecule has 1 heterocycles. The lowest BCUT2D eigenvalue weighted by Gasteiger charge is -2.06. The average Bonchev–Trinajstić information content (AvgIpc) is 3.11. The molecular weight excluding hydrogens is 332 g/mol. The van der Waals surface area contributed by atoms with Crippen LogP contribution < -0.4 is 11.1 Å². The minimum absolute atomic E-state index is 0.291. The van der Waals surface area contributed by atoms with Crippen molar-refractivity contribution in [2.75, 3.05) is 5.73 Å². The quantitative estimate of drug-likeness (QED) is 0.484. The number of anilines is 1. The first kappa shape index (κ1) is 17.0. The van der Waals surface area contributed by atoms with Crippen LogP contribution in [0.5, 0.6) is 0 Å². The largest absolute Gasteiger partial charge is 0.477 e. The molecule has 6 heteroatoms. The van der Waals surface area contributed by atoms with Gasteiger partial charge in [0.1, 0.15) is 17.2 Å². The summed E-state index contributed by atoms with van der Waals surface area (Å²) in [4.78, 5) is 23.7. The molecule has 0 bridgehead atoms. The molecule has 0 spiro atoms. The number of nitrogens with one attached hydrogen (secondary N) is 1. The summed E-state index contributed by atoms with van der Waals surface area (Å²) in [5, 5.41) is 11.7. The van der Waals surface area contributed by atoms with Crippen LogP contribution in [0.2, 0.25) is 0 Å².